The van der Waals surface area contributed by atoms with E-state index in [9.17, 15) is 9.59 Å². The summed E-state index contributed by atoms with van der Waals surface area (Å²) in [6, 6.07) is 1.57. The molecule has 0 radical (unpaired) electrons. The van der Waals surface area contributed by atoms with Crippen LogP contribution in [0.5, 0.6) is 0 Å². The smallest absolute Gasteiger partial charge is 0.323 e. The number of aliphatic carboxylic acids is 1. The first kappa shape index (κ1) is 15.2. The van der Waals surface area contributed by atoms with Gasteiger partial charge in [0, 0.05) is 12.6 Å². The fraction of sp³-hybridized carbons (Fsp3) is 0.615. The molecule has 106 valence electrons. The summed E-state index contributed by atoms with van der Waals surface area (Å²) in [6.45, 7) is 7.74. The van der Waals surface area contributed by atoms with Crippen molar-refractivity contribution >= 4 is 11.9 Å². The van der Waals surface area contributed by atoms with Gasteiger partial charge in [0.15, 0.2) is 0 Å². The van der Waals surface area contributed by atoms with Crippen molar-refractivity contribution in [2.45, 2.75) is 33.6 Å². The highest BCUT2D eigenvalue weighted by atomic mass is 16.5. The molecule has 0 aromatic carbocycles. The van der Waals surface area contributed by atoms with Gasteiger partial charge in [-0.15, -0.1) is 0 Å². The summed E-state index contributed by atoms with van der Waals surface area (Å²) in [5, 5.41) is 12.7. The van der Waals surface area contributed by atoms with E-state index in [1.165, 1.54) is 4.90 Å². The van der Waals surface area contributed by atoms with E-state index in [0.29, 0.717) is 12.2 Å². The average molecular weight is 268 g/mol. The summed E-state index contributed by atoms with van der Waals surface area (Å²) >= 11 is 0. The first-order chi connectivity index (χ1) is 8.81. The largest absolute Gasteiger partial charge is 0.480 e. The number of hydrogen-bond acceptors (Lipinski definition) is 4. The van der Waals surface area contributed by atoms with Gasteiger partial charge in [0.1, 0.15) is 6.54 Å². The third kappa shape index (κ3) is 4.39. The Hall–Kier alpha value is -1.85. The second kappa shape index (κ2) is 6.36. The van der Waals surface area contributed by atoms with Crippen molar-refractivity contribution in [2.75, 3.05) is 13.1 Å². The molecule has 0 fully saturated rings. The summed E-state index contributed by atoms with van der Waals surface area (Å²) < 4.78 is 5.00. The predicted octanol–water partition coefficient (Wildman–Crippen LogP) is 1.98. The van der Waals surface area contributed by atoms with E-state index < -0.39 is 11.9 Å². The molecule has 0 saturated heterocycles. The lowest BCUT2D eigenvalue weighted by Gasteiger charge is -2.21. The number of carbonyl (C=O) groups excluding carboxylic acids is 1. The Balaban J connectivity index is 2.87. The summed E-state index contributed by atoms with van der Waals surface area (Å²) in [5.74, 6) is -1.06. The minimum absolute atomic E-state index is 0.0885. The van der Waals surface area contributed by atoms with E-state index in [4.69, 9.17) is 9.63 Å². The zero-order valence-corrected chi connectivity index (χ0v) is 11.7. The molecule has 1 amide bonds. The summed E-state index contributed by atoms with van der Waals surface area (Å²) in [5.41, 5.74) is 0.683. The first-order valence-corrected chi connectivity index (χ1v) is 6.29. The van der Waals surface area contributed by atoms with E-state index in [2.05, 4.69) is 5.16 Å². The number of carbonyl (C=O) groups is 2. The maximum Gasteiger partial charge on any atom is 0.323 e. The minimum atomic E-state index is -1.04. The second-order valence-corrected chi connectivity index (χ2v) is 5.24. The number of rotatable bonds is 6. The van der Waals surface area contributed by atoms with E-state index in [-0.39, 0.29) is 24.1 Å². The minimum Gasteiger partial charge on any atom is -0.480 e. The van der Waals surface area contributed by atoms with Crippen molar-refractivity contribution in [3.05, 3.63) is 17.5 Å². The highest BCUT2D eigenvalue weighted by Gasteiger charge is 2.23. The van der Waals surface area contributed by atoms with Gasteiger partial charge in [-0.05, 0) is 11.8 Å². The molecule has 0 aliphatic rings. The van der Waals surface area contributed by atoms with Crippen molar-refractivity contribution in [3.8, 4) is 0 Å². The molecule has 0 aliphatic carbocycles. The van der Waals surface area contributed by atoms with Crippen LogP contribution in [0.3, 0.4) is 0 Å². The van der Waals surface area contributed by atoms with Crippen LogP contribution in [0.4, 0.5) is 0 Å². The van der Waals surface area contributed by atoms with Crippen LogP contribution in [0.15, 0.2) is 10.6 Å². The molecule has 0 unspecified atom stereocenters. The molecule has 6 nitrogen and oxygen atoms in total. The molecule has 1 aromatic heterocycles. The maximum atomic E-state index is 12.2. The lowest BCUT2D eigenvalue weighted by molar-refractivity contribution is -0.137. The van der Waals surface area contributed by atoms with Crippen LogP contribution in [-0.4, -0.2) is 40.1 Å². The molecule has 0 spiro atoms. The molecule has 0 saturated carbocycles. The van der Waals surface area contributed by atoms with Crippen molar-refractivity contribution in [1.82, 2.24) is 10.1 Å². The first-order valence-electron chi connectivity index (χ1n) is 6.29. The van der Waals surface area contributed by atoms with Crippen LogP contribution in [0.2, 0.25) is 0 Å². The zero-order chi connectivity index (χ0) is 14.6. The van der Waals surface area contributed by atoms with Gasteiger partial charge in [-0.2, -0.15) is 0 Å². The molecule has 0 atom stereocenters. The number of hydrogen-bond donors (Lipinski definition) is 1. The molecular formula is C13H20N2O4. The number of aromatic nitrogens is 1. The summed E-state index contributed by atoms with van der Waals surface area (Å²) in [7, 11) is 0. The molecule has 1 N–H and O–H groups in total. The van der Waals surface area contributed by atoms with Gasteiger partial charge in [0.2, 0.25) is 5.76 Å². The Bertz CT molecular complexity index is 451. The molecule has 0 aliphatic heterocycles. The monoisotopic (exact) mass is 268 g/mol. The van der Waals surface area contributed by atoms with E-state index in [1.807, 2.05) is 27.7 Å². The average Bonchev–Trinajstić information content (AvgIpc) is 2.75. The SMILES string of the molecule is CC(C)CN(CC(=O)O)C(=O)c1cc(C(C)C)no1. The second-order valence-electron chi connectivity index (χ2n) is 5.24. The van der Waals surface area contributed by atoms with Gasteiger partial charge in [-0.1, -0.05) is 32.9 Å². The van der Waals surface area contributed by atoms with Crippen LogP contribution in [-0.2, 0) is 4.79 Å². The fourth-order valence-corrected chi connectivity index (χ4v) is 1.64. The Morgan fingerprint density at radius 3 is 2.42 bits per heavy atom. The van der Waals surface area contributed by atoms with Crippen LogP contribution in [0.1, 0.15) is 49.9 Å². The third-order valence-corrected chi connectivity index (χ3v) is 2.53. The molecular weight excluding hydrogens is 248 g/mol. The van der Waals surface area contributed by atoms with Crippen molar-refractivity contribution in [3.63, 3.8) is 0 Å². The van der Waals surface area contributed by atoms with Crippen molar-refractivity contribution in [1.29, 1.82) is 0 Å². The number of nitrogens with zero attached hydrogens (tertiary/aromatic N) is 2. The lowest BCUT2D eigenvalue weighted by atomic mass is 10.1. The molecule has 6 heteroatoms. The lowest BCUT2D eigenvalue weighted by Crippen LogP contribution is -2.38. The van der Waals surface area contributed by atoms with Gasteiger partial charge in [0.25, 0.3) is 5.91 Å². The van der Waals surface area contributed by atoms with Gasteiger partial charge in [0.05, 0.1) is 5.69 Å². The highest BCUT2D eigenvalue weighted by Crippen LogP contribution is 2.16. The Morgan fingerprint density at radius 2 is 2.00 bits per heavy atom. The maximum absolute atomic E-state index is 12.2. The molecule has 1 heterocycles. The standard InChI is InChI=1S/C13H20N2O4/c1-8(2)6-15(7-12(16)17)13(18)11-5-10(9(3)4)14-19-11/h5,8-9H,6-7H2,1-4H3,(H,16,17). The third-order valence-electron chi connectivity index (χ3n) is 2.53. The van der Waals surface area contributed by atoms with Crippen LogP contribution < -0.4 is 0 Å². The topological polar surface area (TPSA) is 83.6 Å². The van der Waals surface area contributed by atoms with Gasteiger partial charge < -0.3 is 14.5 Å². The van der Waals surface area contributed by atoms with Gasteiger partial charge >= 0.3 is 5.97 Å². The van der Waals surface area contributed by atoms with Crippen molar-refractivity contribution in [2.24, 2.45) is 5.92 Å². The Kier molecular flexibility index (Phi) is 5.09. The van der Waals surface area contributed by atoms with Gasteiger partial charge in [-0.3, -0.25) is 9.59 Å². The number of carboxylic acid groups (broad SMARTS) is 1. The Morgan fingerprint density at radius 1 is 1.37 bits per heavy atom. The van der Waals surface area contributed by atoms with E-state index >= 15 is 0 Å². The highest BCUT2D eigenvalue weighted by molar-refractivity contribution is 5.93. The molecule has 0 bridgehead atoms. The number of carboxylic acids is 1. The van der Waals surface area contributed by atoms with Crippen molar-refractivity contribution < 1.29 is 19.2 Å². The van der Waals surface area contributed by atoms with Gasteiger partial charge in [-0.25, -0.2) is 0 Å². The molecule has 19 heavy (non-hydrogen) atoms. The van der Waals surface area contributed by atoms with Crippen LogP contribution >= 0.6 is 0 Å². The zero-order valence-electron chi connectivity index (χ0n) is 11.7. The van der Waals surface area contributed by atoms with Crippen LogP contribution in [0, 0.1) is 5.92 Å². The quantitative estimate of drug-likeness (QED) is 0.852. The fourth-order valence-electron chi connectivity index (χ4n) is 1.64. The normalized spacial score (nSPS) is 11.1. The predicted molar refractivity (Wildman–Crippen MR) is 69.0 cm³/mol. The van der Waals surface area contributed by atoms with E-state index in [0.717, 1.165) is 0 Å². The Labute approximate surface area is 112 Å². The number of amides is 1. The summed E-state index contributed by atoms with van der Waals surface area (Å²) in [6.07, 6.45) is 0. The van der Waals surface area contributed by atoms with Crippen LogP contribution in [0.25, 0.3) is 0 Å². The van der Waals surface area contributed by atoms with E-state index in [1.54, 1.807) is 6.07 Å². The molecule has 1 rings (SSSR count). The molecule has 1 aromatic rings. The summed E-state index contributed by atoms with van der Waals surface area (Å²) in [4.78, 5) is 24.2.